The highest BCUT2D eigenvalue weighted by Gasteiger charge is 2.30. The van der Waals surface area contributed by atoms with Crippen LogP contribution in [-0.4, -0.2) is 17.4 Å². The van der Waals surface area contributed by atoms with Crippen LogP contribution >= 0.6 is 11.3 Å². The van der Waals surface area contributed by atoms with E-state index in [0.29, 0.717) is 12.1 Å². The minimum atomic E-state index is -4.42. The van der Waals surface area contributed by atoms with Gasteiger partial charge < -0.3 is 10.3 Å². The number of rotatable bonds is 6. The van der Waals surface area contributed by atoms with Gasteiger partial charge in [0.2, 0.25) is 5.91 Å². The van der Waals surface area contributed by atoms with Crippen molar-refractivity contribution in [3.63, 3.8) is 0 Å². The van der Waals surface area contributed by atoms with Gasteiger partial charge >= 0.3 is 6.18 Å². The van der Waals surface area contributed by atoms with Crippen molar-refractivity contribution in [2.75, 3.05) is 6.54 Å². The lowest BCUT2D eigenvalue weighted by atomic mass is 9.96. The van der Waals surface area contributed by atoms with Gasteiger partial charge in [-0.3, -0.25) is 4.79 Å². The Bertz CT molecular complexity index is 1150. The first-order valence-corrected chi connectivity index (χ1v) is 10.3. The summed E-state index contributed by atoms with van der Waals surface area (Å²) in [5.41, 5.74) is 1.68. The van der Waals surface area contributed by atoms with E-state index in [0.717, 1.165) is 33.5 Å². The predicted molar refractivity (Wildman–Crippen MR) is 113 cm³/mol. The Balaban J connectivity index is 1.50. The number of nitrogens with one attached hydrogen (secondary N) is 2. The van der Waals surface area contributed by atoms with Gasteiger partial charge in [0, 0.05) is 34.4 Å². The number of thiophene rings is 1. The molecule has 2 heterocycles. The first kappa shape index (κ1) is 20.2. The molecule has 1 amide bonds. The maximum Gasteiger partial charge on any atom is 0.416 e. The summed E-state index contributed by atoms with van der Waals surface area (Å²) in [6.45, 7) is 0.361. The summed E-state index contributed by atoms with van der Waals surface area (Å²) in [6.07, 6.45) is -2.57. The van der Waals surface area contributed by atoms with Crippen molar-refractivity contribution >= 4 is 28.1 Å². The Kier molecular flexibility index (Phi) is 5.63. The molecule has 0 aliphatic heterocycles. The molecule has 0 spiro atoms. The van der Waals surface area contributed by atoms with Crippen molar-refractivity contribution in [1.29, 1.82) is 0 Å². The highest BCUT2D eigenvalue weighted by atomic mass is 32.1. The average molecular weight is 428 g/mol. The predicted octanol–water partition coefficient (Wildman–Crippen LogP) is 5.74. The number of benzene rings is 2. The number of carbonyl (C=O) groups excluding carboxylic acids is 1. The molecule has 2 aromatic heterocycles. The molecule has 7 heteroatoms. The lowest BCUT2D eigenvalue weighted by Crippen LogP contribution is -2.30. The summed E-state index contributed by atoms with van der Waals surface area (Å²) in [6, 6.07) is 16.8. The van der Waals surface area contributed by atoms with Gasteiger partial charge in [-0.1, -0.05) is 42.5 Å². The number of carbonyl (C=O) groups is 1. The third kappa shape index (κ3) is 4.41. The molecule has 154 valence electrons. The normalized spacial score (nSPS) is 12.8. The largest absolute Gasteiger partial charge is 0.416 e. The number of alkyl halides is 3. The van der Waals surface area contributed by atoms with Gasteiger partial charge in [-0.2, -0.15) is 13.2 Å². The van der Waals surface area contributed by atoms with E-state index in [1.807, 2.05) is 48.0 Å². The highest BCUT2D eigenvalue weighted by molar-refractivity contribution is 7.10. The van der Waals surface area contributed by atoms with Crippen molar-refractivity contribution in [3.05, 3.63) is 93.8 Å². The van der Waals surface area contributed by atoms with Gasteiger partial charge in [-0.25, -0.2) is 0 Å². The zero-order valence-electron chi connectivity index (χ0n) is 15.9. The molecule has 0 fully saturated rings. The molecule has 0 bridgehead atoms. The van der Waals surface area contributed by atoms with Gasteiger partial charge in [0.1, 0.15) is 0 Å². The van der Waals surface area contributed by atoms with Gasteiger partial charge in [-0.15, -0.1) is 11.3 Å². The second kappa shape index (κ2) is 8.36. The van der Waals surface area contributed by atoms with E-state index in [-0.39, 0.29) is 18.2 Å². The van der Waals surface area contributed by atoms with Crippen LogP contribution in [0.15, 0.2) is 72.2 Å². The molecule has 30 heavy (non-hydrogen) atoms. The lowest BCUT2D eigenvalue weighted by Gasteiger charge is -2.16. The summed E-state index contributed by atoms with van der Waals surface area (Å²) < 4.78 is 38.7. The van der Waals surface area contributed by atoms with Crippen LogP contribution < -0.4 is 5.32 Å². The SMILES string of the molecule is O=C(Cc1cccc(C(F)(F)F)c1)NCC(c1cccs1)c1c[nH]c2ccccc12. The van der Waals surface area contributed by atoms with Crippen LogP contribution in [0.1, 0.15) is 27.5 Å². The zero-order chi connectivity index (χ0) is 21.1. The molecule has 0 radical (unpaired) electrons. The van der Waals surface area contributed by atoms with E-state index in [4.69, 9.17) is 0 Å². The van der Waals surface area contributed by atoms with Gasteiger partial charge in [-0.05, 0) is 34.7 Å². The highest BCUT2D eigenvalue weighted by Crippen LogP contribution is 2.33. The molecule has 0 saturated heterocycles. The molecule has 1 unspecified atom stereocenters. The average Bonchev–Trinajstić information content (AvgIpc) is 3.39. The number of aromatic nitrogens is 1. The minimum Gasteiger partial charge on any atom is -0.361 e. The summed E-state index contributed by atoms with van der Waals surface area (Å²) in [5.74, 6) is -0.359. The molecule has 4 aromatic rings. The van der Waals surface area contributed by atoms with E-state index in [1.165, 1.54) is 12.1 Å². The fourth-order valence-corrected chi connectivity index (χ4v) is 4.40. The number of hydrogen-bond acceptors (Lipinski definition) is 2. The number of fused-ring (bicyclic) bond motifs is 1. The van der Waals surface area contributed by atoms with Crippen LogP contribution in [0.25, 0.3) is 10.9 Å². The van der Waals surface area contributed by atoms with Crippen molar-refractivity contribution < 1.29 is 18.0 Å². The topological polar surface area (TPSA) is 44.9 Å². The van der Waals surface area contributed by atoms with E-state index >= 15 is 0 Å². The Labute approximate surface area is 175 Å². The van der Waals surface area contributed by atoms with E-state index in [1.54, 1.807) is 11.3 Å². The number of hydrogen-bond donors (Lipinski definition) is 2. The van der Waals surface area contributed by atoms with Crippen molar-refractivity contribution in [2.45, 2.75) is 18.5 Å². The number of halogens is 3. The Morgan fingerprint density at radius 1 is 1.07 bits per heavy atom. The summed E-state index contributed by atoms with van der Waals surface area (Å²) in [4.78, 5) is 16.9. The van der Waals surface area contributed by atoms with Crippen LogP contribution in [-0.2, 0) is 17.4 Å². The quantitative estimate of drug-likeness (QED) is 0.404. The van der Waals surface area contributed by atoms with Crippen LogP contribution in [0, 0.1) is 0 Å². The summed E-state index contributed by atoms with van der Waals surface area (Å²) >= 11 is 1.61. The van der Waals surface area contributed by atoms with Crippen LogP contribution in [0.4, 0.5) is 13.2 Å². The number of H-pyrrole nitrogens is 1. The molecule has 0 aliphatic rings. The molecule has 2 aromatic carbocycles. The monoisotopic (exact) mass is 428 g/mol. The molecule has 3 nitrogen and oxygen atoms in total. The lowest BCUT2D eigenvalue weighted by molar-refractivity contribution is -0.137. The number of amides is 1. The van der Waals surface area contributed by atoms with Crippen LogP contribution in [0.2, 0.25) is 0 Å². The van der Waals surface area contributed by atoms with Crippen molar-refractivity contribution in [2.24, 2.45) is 0 Å². The zero-order valence-corrected chi connectivity index (χ0v) is 16.7. The Morgan fingerprint density at radius 2 is 1.90 bits per heavy atom. The number of aromatic amines is 1. The summed E-state index contributed by atoms with van der Waals surface area (Å²) in [7, 11) is 0. The standard InChI is InChI=1S/C23H19F3N2OS/c24-23(25,26)16-6-3-5-15(11-16)12-22(29)28-14-19(21-9-4-10-30-21)18-13-27-20-8-2-1-7-17(18)20/h1-11,13,19,27H,12,14H2,(H,28,29). The first-order valence-electron chi connectivity index (χ1n) is 9.44. The smallest absolute Gasteiger partial charge is 0.361 e. The molecular formula is C23H19F3N2OS. The molecule has 1 atom stereocenters. The first-order chi connectivity index (χ1) is 14.4. The fraction of sp³-hybridized carbons (Fsp3) is 0.174. The van der Waals surface area contributed by atoms with E-state index in [9.17, 15) is 18.0 Å². The summed E-state index contributed by atoms with van der Waals surface area (Å²) in [5, 5.41) is 5.98. The van der Waals surface area contributed by atoms with E-state index < -0.39 is 11.7 Å². The van der Waals surface area contributed by atoms with Gasteiger partial charge in [0.25, 0.3) is 0 Å². The van der Waals surface area contributed by atoms with Crippen molar-refractivity contribution in [3.8, 4) is 0 Å². The van der Waals surface area contributed by atoms with Gasteiger partial charge in [0.05, 0.1) is 12.0 Å². The molecule has 0 aliphatic carbocycles. The van der Waals surface area contributed by atoms with Crippen LogP contribution in [0.3, 0.4) is 0 Å². The third-order valence-corrected chi connectivity index (χ3v) is 5.99. The Hall–Kier alpha value is -3.06. The maximum absolute atomic E-state index is 12.9. The minimum absolute atomic E-state index is 0.0494. The number of para-hydroxylation sites is 1. The molecule has 0 saturated carbocycles. The van der Waals surface area contributed by atoms with Gasteiger partial charge in [0.15, 0.2) is 0 Å². The Morgan fingerprint density at radius 3 is 2.67 bits per heavy atom. The molecule has 2 N–H and O–H groups in total. The van der Waals surface area contributed by atoms with Crippen LogP contribution in [0.5, 0.6) is 0 Å². The fourth-order valence-electron chi connectivity index (χ4n) is 3.56. The molecule has 4 rings (SSSR count). The molecular weight excluding hydrogens is 409 g/mol. The third-order valence-electron chi connectivity index (χ3n) is 5.01. The second-order valence-corrected chi connectivity index (χ2v) is 8.02. The van der Waals surface area contributed by atoms with Crippen molar-refractivity contribution in [1.82, 2.24) is 10.3 Å². The second-order valence-electron chi connectivity index (χ2n) is 7.04. The maximum atomic E-state index is 12.9. The van der Waals surface area contributed by atoms with E-state index in [2.05, 4.69) is 10.3 Å².